The van der Waals surface area contributed by atoms with Crippen molar-refractivity contribution in [2.75, 3.05) is 5.32 Å². The van der Waals surface area contributed by atoms with Crippen LogP contribution in [0, 0.1) is 6.92 Å². The highest BCUT2D eigenvalue weighted by atomic mass is 32.2. The first-order chi connectivity index (χ1) is 20.7. The van der Waals surface area contributed by atoms with Gasteiger partial charge in [0, 0.05) is 20.9 Å². The summed E-state index contributed by atoms with van der Waals surface area (Å²) < 4.78 is 0. The van der Waals surface area contributed by atoms with E-state index in [1.807, 2.05) is 0 Å². The highest BCUT2D eigenvalue weighted by Crippen LogP contribution is 2.61. The van der Waals surface area contributed by atoms with E-state index in [-0.39, 0.29) is 0 Å². The highest BCUT2D eigenvalue weighted by molar-refractivity contribution is 7.99. The minimum atomic E-state index is -0.464. The number of carbonyl (C=O) groups excluding carboxylic acids is 1. The minimum Gasteiger partial charge on any atom is -0.327 e. The third kappa shape index (κ3) is 3.38. The molecule has 6 aromatic carbocycles. The third-order valence-electron chi connectivity index (χ3n) is 8.86. The van der Waals surface area contributed by atoms with E-state index in [0.717, 1.165) is 28.1 Å². The smallest absolute Gasteiger partial charge is 0.211 e. The van der Waals surface area contributed by atoms with Crippen molar-refractivity contribution in [3.63, 3.8) is 0 Å². The predicted molar refractivity (Wildman–Crippen MR) is 173 cm³/mol. The summed E-state index contributed by atoms with van der Waals surface area (Å²) in [5.74, 6) is 0. The molecule has 3 heteroatoms. The molecular weight excluding hydrogens is 531 g/mol. The largest absolute Gasteiger partial charge is 0.327 e. The Bertz CT molecular complexity index is 2030. The van der Waals surface area contributed by atoms with E-state index in [0.29, 0.717) is 0 Å². The summed E-state index contributed by atoms with van der Waals surface area (Å²) in [5.41, 5.74) is 13.9. The standard InChI is InChI=1S/C39H27NOS/c1-25-12-5-9-19-31(25)39(26-13-3-2-4-14-26)32-20-10-8-17-30(32)36-33(39)22-23-34-37(36)28-16-7-6-15-27(28)29-18-11-21-35(42-34)38(29)40-24-41/h2-24H,1H3,(H,40,41). The molecule has 1 atom stereocenters. The van der Waals surface area contributed by atoms with Gasteiger partial charge in [0.05, 0.1) is 11.1 Å². The van der Waals surface area contributed by atoms with Gasteiger partial charge in [0.25, 0.3) is 0 Å². The van der Waals surface area contributed by atoms with Crippen LogP contribution in [0.3, 0.4) is 0 Å². The number of aryl methyl sites for hydroxylation is 1. The maximum atomic E-state index is 11.7. The lowest BCUT2D eigenvalue weighted by molar-refractivity contribution is -0.105. The van der Waals surface area contributed by atoms with Crippen LogP contribution < -0.4 is 5.32 Å². The minimum absolute atomic E-state index is 0.464. The van der Waals surface area contributed by atoms with Crippen LogP contribution in [0.15, 0.2) is 143 Å². The Hall–Kier alpha value is -4.86. The quantitative estimate of drug-likeness (QED) is 0.218. The van der Waals surface area contributed by atoms with Crippen molar-refractivity contribution in [2.45, 2.75) is 22.1 Å². The van der Waals surface area contributed by atoms with E-state index >= 15 is 0 Å². The number of fused-ring (bicyclic) bond motifs is 10. The Labute approximate surface area is 250 Å². The molecule has 6 aromatic rings. The topological polar surface area (TPSA) is 29.1 Å². The van der Waals surface area contributed by atoms with Gasteiger partial charge in [-0.25, -0.2) is 0 Å². The molecule has 1 heterocycles. The molecule has 1 aliphatic carbocycles. The molecule has 8 rings (SSSR count). The maximum absolute atomic E-state index is 11.7. The first-order valence-corrected chi connectivity index (χ1v) is 15.0. The van der Waals surface area contributed by atoms with Gasteiger partial charge >= 0.3 is 0 Å². The van der Waals surface area contributed by atoms with E-state index in [9.17, 15) is 4.79 Å². The summed E-state index contributed by atoms with van der Waals surface area (Å²) in [6.07, 6.45) is 0.781. The molecule has 0 saturated heterocycles. The first-order valence-electron chi connectivity index (χ1n) is 14.2. The number of hydrogen-bond acceptors (Lipinski definition) is 2. The van der Waals surface area contributed by atoms with Crippen LogP contribution in [0.25, 0.3) is 33.4 Å². The highest BCUT2D eigenvalue weighted by Gasteiger charge is 2.48. The van der Waals surface area contributed by atoms with E-state index in [4.69, 9.17) is 0 Å². The molecular formula is C39H27NOS. The van der Waals surface area contributed by atoms with Gasteiger partial charge in [0.15, 0.2) is 0 Å². The molecule has 0 radical (unpaired) electrons. The van der Waals surface area contributed by atoms with Gasteiger partial charge in [-0.3, -0.25) is 4.79 Å². The second-order valence-corrected chi connectivity index (χ2v) is 12.0. The Balaban J connectivity index is 1.54. The van der Waals surface area contributed by atoms with E-state index < -0.39 is 5.41 Å². The van der Waals surface area contributed by atoms with Crippen LogP contribution in [0.1, 0.15) is 27.8 Å². The maximum Gasteiger partial charge on any atom is 0.211 e. The van der Waals surface area contributed by atoms with Gasteiger partial charge in [-0.1, -0.05) is 133 Å². The van der Waals surface area contributed by atoms with Crippen LogP contribution >= 0.6 is 11.8 Å². The number of hydrogen-bond donors (Lipinski definition) is 1. The molecule has 2 bridgehead atoms. The molecule has 1 unspecified atom stereocenters. The van der Waals surface area contributed by atoms with Gasteiger partial charge in [0.2, 0.25) is 6.41 Å². The number of anilines is 1. The van der Waals surface area contributed by atoms with Crippen LogP contribution in [-0.2, 0) is 10.2 Å². The van der Waals surface area contributed by atoms with Gasteiger partial charge in [-0.2, -0.15) is 0 Å². The number of amides is 1. The van der Waals surface area contributed by atoms with Crippen LogP contribution in [0.2, 0.25) is 0 Å². The number of carbonyl (C=O) groups is 1. The van der Waals surface area contributed by atoms with E-state index in [1.165, 1.54) is 55.0 Å². The molecule has 1 aliphatic heterocycles. The lowest BCUT2D eigenvalue weighted by Gasteiger charge is -2.35. The summed E-state index contributed by atoms with van der Waals surface area (Å²) in [6, 6.07) is 48.3. The molecule has 2 nitrogen and oxygen atoms in total. The predicted octanol–water partition coefficient (Wildman–Crippen LogP) is 9.73. The van der Waals surface area contributed by atoms with Gasteiger partial charge < -0.3 is 5.32 Å². The molecule has 0 saturated carbocycles. The number of rotatable bonds is 4. The monoisotopic (exact) mass is 557 g/mol. The molecule has 200 valence electrons. The molecule has 0 aromatic heterocycles. The van der Waals surface area contributed by atoms with Gasteiger partial charge in [-0.05, 0) is 69.1 Å². The lowest BCUT2D eigenvalue weighted by atomic mass is 9.66. The van der Waals surface area contributed by atoms with Crippen molar-refractivity contribution in [1.82, 2.24) is 0 Å². The average Bonchev–Trinajstić information content (AvgIpc) is 3.33. The van der Waals surface area contributed by atoms with Crippen molar-refractivity contribution in [3.05, 3.63) is 161 Å². The Morgan fingerprint density at radius 2 is 1.21 bits per heavy atom. The number of para-hydroxylation sites is 1. The summed E-state index contributed by atoms with van der Waals surface area (Å²) in [6.45, 7) is 2.23. The Kier molecular flexibility index (Phi) is 5.70. The third-order valence-corrected chi connectivity index (χ3v) is 9.98. The Morgan fingerprint density at radius 3 is 2.00 bits per heavy atom. The van der Waals surface area contributed by atoms with Gasteiger partial charge in [0.1, 0.15) is 0 Å². The van der Waals surface area contributed by atoms with Crippen molar-refractivity contribution in [2.24, 2.45) is 0 Å². The second-order valence-electron chi connectivity index (χ2n) is 10.9. The fourth-order valence-electron chi connectivity index (χ4n) is 7.24. The van der Waals surface area contributed by atoms with Gasteiger partial charge in [-0.15, -0.1) is 0 Å². The Morgan fingerprint density at radius 1 is 0.548 bits per heavy atom. The van der Waals surface area contributed by atoms with Crippen molar-refractivity contribution in [1.29, 1.82) is 0 Å². The zero-order chi connectivity index (χ0) is 28.3. The molecule has 0 spiro atoms. The molecule has 2 aliphatic rings. The van der Waals surface area contributed by atoms with E-state index in [1.54, 1.807) is 11.8 Å². The fraction of sp³-hybridized carbons (Fsp3) is 0.0513. The number of nitrogens with one attached hydrogen (secondary N) is 1. The average molecular weight is 558 g/mol. The zero-order valence-corrected chi connectivity index (χ0v) is 23.9. The molecule has 42 heavy (non-hydrogen) atoms. The SMILES string of the molecule is Cc1ccccc1C1(c2ccccc2)c2ccccc2-c2c1ccc1c2-c2ccccc2-c2cccc(c2NC=O)S1. The summed E-state index contributed by atoms with van der Waals surface area (Å²) in [4.78, 5) is 13.9. The lowest BCUT2D eigenvalue weighted by Crippen LogP contribution is -2.29. The summed E-state index contributed by atoms with van der Waals surface area (Å²) in [5, 5.41) is 3.01. The van der Waals surface area contributed by atoms with E-state index in [2.05, 4.69) is 146 Å². The van der Waals surface area contributed by atoms with Crippen molar-refractivity contribution in [3.8, 4) is 33.4 Å². The molecule has 1 N–H and O–H groups in total. The zero-order valence-electron chi connectivity index (χ0n) is 23.1. The van der Waals surface area contributed by atoms with Crippen molar-refractivity contribution >= 4 is 23.9 Å². The van der Waals surface area contributed by atoms with Crippen LogP contribution in [0.5, 0.6) is 0 Å². The van der Waals surface area contributed by atoms with Crippen LogP contribution in [-0.4, -0.2) is 6.41 Å². The van der Waals surface area contributed by atoms with Crippen molar-refractivity contribution < 1.29 is 4.79 Å². The normalized spacial score (nSPS) is 15.8. The summed E-state index contributed by atoms with van der Waals surface area (Å²) >= 11 is 1.72. The second kappa shape index (κ2) is 9.61. The molecule has 1 amide bonds. The summed E-state index contributed by atoms with van der Waals surface area (Å²) in [7, 11) is 0. The van der Waals surface area contributed by atoms with Crippen LogP contribution in [0.4, 0.5) is 5.69 Å². The molecule has 0 fully saturated rings. The number of benzene rings is 6. The first kappa shape index (κ1) is 24.9. The fourth-order valence-corrected chi connectivity index (χ4v) is 8.35.